The van der Waals surface area contributed by atoms with Gasteiger partial charge in [0.25, 0.3) is 5.56 Å². The van der Waals surface area contributed by atoms with Gasteiger partial charge in [-0.25, -0.2) is 4.68 Å². The van der Waals surface area contributed by atoms with Crippen LogP contribution in [0.3, 0.4) is 0 Å². The number of likely N-dealkylation sites (N-methyl/N-ethyl adjacent to an activating group) is 1. The van der Waals surface area contributed by atoms with Gasteiger partial charge in [0, 0.05) is 20.2 Å². The third-order valence-corrected chi connectivity index (χ3v) is 3.61. The monoisotopic (exact) mass is 332 g/mol. The van der Waals surface area contributed by atoms with Gasteiger partial charge in [-0.15, -0.1) is 0 Å². The molecule has 0 aliphatic carbocycles. The first-order valence-electron chi connectivity index (χ1n) is 6.27. The third kappa shape index (κ3) is 4.93. The Morgan fingerprint density at radius 3 is 2.95 bits per heavy atom. The van der Waals surface area contributed by atoms with Crippen molar-refractivity contribution in [2.75, 3.05) is 45.7 Å². The van der Waals surface area contributed by atoms with E-state index in [1.54, 1.807) is 13.3 Å². The molecule has 0 amide bonds. The molecule has 0 aliphatic heterocycles. The van der Waals surface area contributed by atoms with Crippen LogP contribution in [0, 0.1) is 0 Å². The maximum Gasteiger partial charge on any atom is 0.283 e. The number of methoxy groups -OCH3 is 1. The molecule has 108 valence electrons. The van der Waals surface area contributed by atoms with Crippen LogP contribution in [0.2, 0.25) is 0 Å². The summed E-state index contributed by atoms with van der Waals surface area (Å²) in [6, 6.07) is 0. The molecular weight excluding hydrogens is 312 g/mol. The second-order valence-electron chi connectivity index (χ2n) is 4.22. The fourth-order valence-electron chi connectivity index (χ4n) is 1.46. The van der Waals surface area contributed by atoms with Gasteiger partial charge in [0.05, 0.1) is 25.0 Å². The number of anilines is 1. The van der Waals surface area contributed by atoms with Crippen LogP contribution in [0.25, 0.3) is 0 Å². The fourth-order valence-corrected chi connectivity index (χ4v) is 1.91. The predicted molar refractivity (Wildman–Crippen MR) is 79.7 cm³/mol. The van der Waals surface area contributed by atoms with Crippen LogP contribution in [0.1, 0.15) is 6.92 Å². The Labute approximate surface area is 121 Å². The van der Waals surface area contributed by atoms with E-state index in [-0.39, 0.29) is 5.56 Å². The minimum atomic E-state index is -0.147. The Kier molecular flexibility index (Phi) is 7.04. The van der Waals surface area contributed by atoms with Crippen molar-refractivity contribution in [2.45, 2.75) is 13.5 Å². The molecule has 0 saturated heterocycles. The lowest BCUT2D eigenvalue weighted by Gasteiger charge is -2.15. The standard InChI is InChI=1S/C12H21BrN4O2/c1-4-16(2)6-5-14-10-9-15-17(7-8-19-3)12(18)11(10)13/h9,14H,4-8H2,1-3H3. The summed E-state index contributed by atoms with van der Waals surface area (Å²) < 4.78 is 6.84. The molecule has 0 fully saturated rings. The molecule has 0 spiro atoms. The number of hydrogen-bond acceptors (Lipinski definition) is 5. The number of rotatable bonds is 8. The molecule has 0 atom stereocenters. The summed E-state index contributed by atoms with van der Waals surface area (Å²) in [5, 5.41) is 7.32. The minimum Gasteiger partial charge on any atom is -0.383 e. The summed E-state index contributed by atoms with van der Waals surface area (Å²) in [7, 11) is 3.65. The highest BCUT2D eigenvalue weighted by atomic mass is 79.9. The molecule has 1 aromatic rings. The van der Waals surface area contributed by atoms with Crippen molar-refractivity contribution in [3.8, 4) is 0 Å². The van der Waals surface area contributed by atoms with E-state index in [9.17, 15) is 4.79 Å². The van der Waals surface area contributed by atoms with E-state index < -0.39 is 0 Å². The Balaban J connectivity index is 2.65. The average molecular weight is 333 g/mol. The van der Waals surface area contributed by atoms with Crippen molar-refractivity contribution in [3.05, 3.63) is 21.0 Å². The SMILES string of the molecule is CCN(C)CCNc1cnn(CCOC)c(=O)c1Br. The van der Waals surface area contributed by atoms with Crippen molar-refractivity contribution in [3.63, 3.8) is 0 Å². The highest BCUT2D eigenvalue weighted by Gasteiger charge is 2.08. The molecule has 1 rings (SSSR count). The van der Waals surface area contributed by atoms with Gasteiger partial charge >= 0.3 is 0 Å². The number of hydrogen-bond donors (Lipinski definition) is 1. The van der Waals surface area contributed by atoms with Crippen molar-refractivity contribution >= 4 is 21.6 Å². The number of nitrogens with zero attached hydrogens (tertiary/aromatic N) is 3. The molecule has 0 unspecified atom stereocenters. The van der Waals surface area contributed by atoms with Crippen LogP contribution in [0.15, 0.2) is 15.5 Å². The first-order valence-corrected chi connectivity index (χ1v) is 7.06. The summed E-state index contributed by atoms with van der Waals surface area (Å²) in [5.74, 6) is 0. The largest absolute Gasteiger partial charge is 0.383 e. The summed E-state index contributed by atoms with van der Waals surface area (Å²) in [4.78, 5) is 14.2. The van der Waals surface area contributed by atoms with E-state index in [4.69, 9.17) is 4.74 Å². The molecule has 1 N–H and O–H groups in total. The molecule has 7 heteroatoms. The molecule has 6 nitrogen and oxygen atoms in total. The number of ether oxygens (including phenoxy) is 1. The van der Waals surface area contributed by atoms with Crippen LogP contribution in [-0.2, 0) is 11.3 Å². The van der Waals surface area contributed by atoms with E-state index in [1.165, 1.54) is 4.68 Å². The summed E-state index contributed by atoms with van der Waals surface area (Å²) in [5.41, 5.74) is 0.578. The van der Waals surface area contributed by atoms with E-state index in [2.05, 4.69) is 45.2 Å². The summed E-state index contributed by atoms with van der Waals surface area (Å²) >= 11 is 3.32. The van der Waals surface area contributed by atoms with Crippen LogP contribution in [0.4, 0.5) is 5.69 Å². The molecule has 1 heterocycles. The van der Waals surface area contributed by atoms with Gasteiger partial charge < -0.3 is 15.0 Å². The number of aromatic nitrogens is 2. The van der Waals surface area contributed by atoms with Crippen molar-refractivity contribution in [1.29, 1.82) is 0 Å². The van der Waals surface area contributed by atoms with Gasteiger partial charge in [-0.3, -0.25) is 4.79 Å². The third-order valence-electron chi connectivity index (χ3n) is 2.84. The van der Waals surface area contributed by atoms with Gasteiger partial charge in [0.1, 0.15) is 4.47 Å². The summed E-state index contributed by atoms with van der Waals surface area (Å²) in [6.45, 7) is 5.70. The molecule has 0 aromatic carbocycles. The Bertz CT molecular complexity index is 450. The highest BCUT2D eigenvalue weighted by Crippen LogP contribution is 2.15. The molecular formula is C12H21BrN4O2. The number of nitrogens with one attached hydrogen (secondary N) is 1. The van der Waals surface area contributed by atoms with E-state index in [1.807, 2.05) is 0 Å². The maximum atomic E-state index is 12.0. The Morgan fingerprint density at radius 1 is 1.58 bits per heavy atom. The molecule has 1 aromatic heterocycles. The van der Waals surface area contributed by atoms with Crippen molar-refractivity contribution < 1.29 is 4.74 Å². The maximum absolute atomic E-state index is 12.0. The van der Waals surface area contributed by atoms with Crippen LogP contribution >= 0.6 is 15.9 Å². The Morgan fingerprint density at radius 2 is 2.32 bits per heavy atom. The lowest BCUT2D eigenvalue weighted by molar-refractivity contribution is 0.181. The lowest BCUT2D eigenvalue weighted by atomic mass is 10.4. The molecule has 0 aliphatic rings. The average Bonchev–Trinajstić information content (AvgIpc) is 2.42. The van der Waals surface area contributed by atoms with Crippen LogP contribution in [-0.4, -0.2) is 55.1 Å². The molecule has 19 heavy (non-hydrogen) atoms. The Hall–Kier alpha value is -0.920. The zero-order valence-electron chi connectivity index (χ0n) is 11.6. The van der Waals surface area contributed by atoms with Gasteiger partial charge in [0.2, 0.25) is 0 Å². The predicted octanol–water partition coefficient (Wildman–Crippen LogP) is 1.02. The first kappa shape index (κ1) is 16.1. The zero-order valence-corrected chi connectivity index (χ0v) is 13.2. The van der Waals surface area contributed by atoms with E-state index >= 15 is 0 Å². The van der Waals surface area contributed by atoms with E-state index in [0.717, 1.165) is 25.3 Å². The number of halogens is 1. The van der Waals surface area contributed by atoms with Gasteiger partial charge in [0.15, 0.2) is 0 Å². The molecule has 0 radical (unpaired) electrons. The lowest BCUT2D eigenvalue weighted by Crippen LogP contribution is -2.28. The topological polar surface area (TPSA) is 59.4 Å². The van der Waals surface area contributed by atoms with Crippen molar-refractivity contribution in [1.82, 2.24) is 14.7 Å². The molecule has 0 saturated carbocycles. The van der Waals surface area contributed by atoms with Gasteiger partial charge in [-0.1, -0.05) is 6.92 Å². The molecule has 0 bridgehead atoms. The zero-order chi connectivity index (χ0) is 14.3. The van der Waals surface area contributed by atoms with Crippen LogP contribution in [0.5, 0.6) is 0 Å². The second-order valence-corrected chi connectivity index (χ2v) is 5.01. The normalized spacial score (nSPS) is 11.0. The van der Waals surface area contributed by atoms with Crippen LogP contribution < -0.4 is 10.9 Å². The second kappa shape index (κ2) is 8.29. The minimum absolute atomic E-state index is 0.147. The fraction of sp³-hybridized carbons (Fsp3) is 0.667. The van der Waals surface area contributed by atoms with Crippen molar-refractivity contribution in [2.24, 2.45) is 0 Å². The first-order chi connectivity index (χ1) is 9.10. The van der Waals surface area contributed by atoms with Gasteiger partial charge in [-0.2, -0.15) is 5.10 Å². The summed E-state index contributed by atoms with van der Waals surface area (Å²) in [6.07, 6.45) is 1.66. The highest BCUT2D eigenvalue weighted by molar-refractivity contribution is 9.10. The quantitative estimate of drug-likeness (QED) is 0.770. The van der Waals surface area contributed by atoms with E-state index in [0.29, 0.717) is 17.6 Å². The smallest absolute Gasteiger partial charge is 0.283 e. The van der Waals surface area contributed by atoms with Gasteiger partial charge in [-0.05, 0) is 29.5 Å².